The fourth-order valence-corrected chi connectivity index (χ4v) is 5.32. The monoisotopic (exact) mass is 528 g/mol. The van der Waals surface area contributed by atoms with E-state index < -0.39 is 8.32 Å². The molecule has 1 amide bonds. The number of likely N-dealkylation sites (tertiary alicyclic amines) is 1. The number of amides is 1. The van der Waals surface area contributed by atoms with Crippen LogP contribution in [0.4, 0.5) is 14.9 Å². The lowest BCUT2D eigenvalue weighted by Crippen LogP contribution is -2.55. The van der Waals surface area contributed by atoms with Crippen molar-refractivity contribution in [1.29, 1.82) is 0 Å². The van der Waals surface area contributed by atoms with Crippen molar-refractivity contribution < 1.29 is 23.1 Å². The average Bonchev–Trinajstić information content (AvgIpc) is 2.84. The number of rotatable bonds is 8. The molecule has 2 fully saturated rings. The highest BCUT2D eigenvalue weighted by molar-refractivity contribution is 6.74. The molecule has 0 radical (unpaired) electrons. The van der Waals surface area contributed by atoms with E-state index in [0.29, 0.717) is 44.0 Å². The van der Waals surface area contributed by atoms with Gasteiger partial charge in [-0.15, -0.1) is 0 Å². The molecule has 202 valence electrons. The van der Waals surface area contributed by atoms with E-state index in [0.717, 1.165) is 18.4 Å². The molecule has 8 heteroatoms. The van der Waals surface area contributed by atoms with Crippen LogP contribution in [0, 0.1) is 5.82 Å². The maximum absolute atomic E-state index is 15.3. The first-order chi connectivity index (χ1) is 17.5. The number of hydrogen-bond donors (Lipinski definition) is 0. The molecule has 0 saturated carbocycles. The molecule has 2 aromatic rings. The summed E-state index contributed by atoms with van der Waals surface area (Å²) >= 11 is 0. The third-order valence-corrected chi connectivity index (χ3v) is 12.4. The second-order valence-electron chi connectivity index (χ2n) is 11.7. The minimum Gasteiger partial charge on any atom is -0.445 e. The van der Waals surface area contributed by atoms with Crippen molar-refractivity contribution in [3.05, 3.63) is 65.5 Å². The maximum Gasteiger partial charge on any atom is 0.410 e. The molecule has 6 nitrogen and oxygen atoms in total. The summed E-state index contributed by atoms with van der Waals surface area (Å²) in [6, 6.07) is 15.3. The summed E-state index contributed by atoms with van der Waals surface area (Å²) in [4.78, 5) is 16.2. The van der Waals surface area contributed by atoms with Crippen LogP contribution < -0.4 is 4.90 Å². The lowest BCUT2D eigenvalue weighted by molar-refractivity contribution is -0.0517. The molecular formula is C29H41FN2O4Si. The molecule has 2 heterocycles. The highest BCUT2D eigenvalue weighted by Crippen LogP contribution is 2.37. The fourth-order valence-electron chi connectivity index (χ4n) is 4.37. The molecule has 0 N–H and O–H groups in total. The normalized spacial score (nSPS) is 17.6. The highest BCUT2D eigenvalue weighted by Gasteiger charge is 2.38. The summed E-state index contributed by atoms with van der Waals surface area (Å²) in [5.41, 5.74) is 2.21. The Hall–Kier alpha value is -2.42. The quantitative estimate of drug-likeness (QED) is 0.374. The largest absolute Gasteiger partial charge is 0.445 e. The van der Waals surface area contributed by atoms with Gasteiger partial charge in [-0.2, -0.15) is 0 Å². The van der Waals surface area contributed by atoms with Crippen LogP contribution >= 0.6 is 0 Å². The molecule has 2 aliphatic rings. The van der Waals surface area contributed by atoms with E-state index in [1.807, 2.05) is 53.4 Å². The Labute approximate surface area is 221 Å². The number of carbonyl (C=O) groups excluding carboxylic acids is 1. The van der Waals surface area contributed by atoms with Gasteiger partial charge in [0.2, 0.25) is 0 Å². The molecular weight excluding hydrogens is 487 g/mol. The number of halogens is 1. The van der Waals surface area contributed by atoms with Gasteiger partial charge in [0.15, 0.2) is 14.1 Å². The van der Waals surface area contributed by atoms with Crippen molar-refractivity contribution >= 4 is 20.1 Å². The number of nitrogens with zero attached hydrogens (tertiary/aromatic N) is 2. The minimum atomic E-state index is -1.95. The zero-order valence-electron chi connectivity index (χ0n) is 22.8. The zero-order valence-corrected chi connectivity index (χ0v) is 23.8. The first-order valence-corrected chi connectivity index (χ1v) is 16.2. The summed E-state index contributed by atoms with van der Waals surface area (Å²) in [6.45, 7) is 14.1. The van der Waals surface area contributed by atoms with Gasteiger partial charge in [-0.05, 0) is 42.6 Å². The van der Waals surface area contributed by atoms with Crippen molar-refractivity contribution in [3.63, 3.8) is 0 Å². The van der Waals surface area contributed by atoms with Crippen LogP contribution in [-0.4, -0.2) is 57.7 Å². The molecule has 4 rings (SSSR count). The lowest BCUT2D eigenvalue weighted by atomic mass is 10.1. The average molecular weight is 529 g/mol. The molecule has 0 unspecified atom stereocenters. The molecule has 37 heavy (non-hydrogen) atoms. The Bertz CT molecular complexity index is 1050. The van der Waals surface area contributed by atoms with Gasteiger partial charge in [-0.1, -0.05) is 63.2 Å². The molecule has 0 aliphatic carbocycles. The van der Waals surface area contributed by atoms with E-state index in [-0.39, 0.29) is 35.8 Å². The Morgan fingerprint density at radius 2 is 1.65 bits per heavy atom. The number of ether oxygens (including phenoxy) is 2. The van der Waals surface area contributed by atoms with Crippen LogP contribution in [0.5, 0.6) is 0 Å². The van der Waals surface area contributed by atoms with Gasteiger partial charge in [-0.25, -0.2) is 9.18 Å². The van der Waals surface area contributed by atoms with E-state index in [2.05, 4.69) is 33.9 Å². The van der Waals surface area contributed by atoms with Crippen LogP contribution in [-0.2, 0) is 27.1 Å². The predicted molar refractivity (Wildman–Crippen MR) is 147 cm³/mol. The van der Waals surface area contributed by atoms with Crippen LogP contribution in [0.1, 0.15) is 44.7 Å². The van der Waals surface area contributed by atoms with Gasteiger partial charge in [0.25, 0.3) is 0 Å². The summed E-state index contributed by atoms with van der Waals surface area (Å²) < 4.78 is 33.3. The van der Waals surface area contributed by atoms with Crippen LogP contribution in [0.25, 0.3) is 0 Å². The van der Waals surface area contributed by atoms with Crippen molar-refractivity contribution in [1.82, 2.24) is 4.90 Å². The van der Waals surface area contributed by atoms with E-state index in [1.54, 1.807) is 4.90 Å². The zero-order chi connectivity index (χ0) is 26.6. The molecule has 0 atom stereocenters. The highest BCUT2D eigenvalue weighted by atomic mass is 28.4. The number of hydrogen-bond acceptors (Lipinski definition) is 5. The van der Waals surface area contributed by atoms with Gasteiger partial charge >= 0.3 is 6.09 Å². The number of benzene rings is 2. The molecule has 0 aromatic heterocycles. The summed E-state index contributed by atoms with van der Waals surface area (Å²) in [6.07, 6.45) is 1.48. The van der Waals surface area contributed by atoms with E-state index >= 15 is 4.39 Å². The van der Waals surface area contributed by atoms with Crippen molar-refractivity contribution in [2.45, 2.75) is 77.2 Å². The van der Waals surface area contributed by atoms with E-state index in [4.69, 9.17) is 13.9 Å². The third-order valence-electron chi connectivity index (χ3n) is 7.93. The molecule has 0 spiro atoms. The third kappa shape index (κ3) is 6.92. The first-order valence-electron chi connectivity index (χ1n) is 13.3. The summed E-state index contributed by atoms with van der Waals surface area (Å²) in [5.74, 6) is -0.193. The van der Waals surface area contributed by atoms with Gasteiger partial charge in [-0.3, -0.25) is 0 Å². The van der Waals surface area contributed by atoms with Gasteiger partial charge in [0, 0.05) is 31.7 Å². The van der Waals surface area contributed by atoms with Crippen molar-refractivity contribution in [3.8, 4) is 0 Å². The standard InChI is InChI=1S/C29H41FN2O4Si/c1-29(2,3)37(4,5)35-21-23-12-9-13-26(27(23)30)32-18-25(19-32)36-24-14-16-31(17-15-24)28(33)34-20-22-10-7-6-8-11-22/h6-13,24-25H,14-21H2,1-5H3. The summed E-state index contributed by atoms with van der Waals surface area (Å²) in [7, 11) is -1.95. The lowest BCUT2D eigenvalue weighted by Gasteiger charge is -2.43. The Balaban J connectivity index is 1.20. The molecule has 0 bridgehead atoms. The van der Waals surface area contributed by atoms with Crippen LogP contribution in [0.3, 0.4) is 0 Å². The van der Waals surface area contributed by atoms with Crippen molar-refractivity contribution in [2.24, 2.45) is 0 Å². The second-order valence-corrected chi connectivity index (χ2v) is 16.5. The second kappa shape index (κ2) is 11.5. The summed E-state index contributed by atoms with van der Waals surface area (Å²) in [5, 5.41) is 0.0851. The smallest absolute Gasteiger partial charge is 0.410 e. The molecule has 2 aromatic carbocycles. The van der Waals surface area contributed by atoms with Gasteiger partial charge in [0.1, 0.15) is 6.61 Å². The van der Waals surface area contributed by atoms with Crippen LogP contribution in [0.15, 0.2) is 48.5 Å². The minimum absolute atomic E-state index is 0.0770. The molecule has 2 saturated heterocycles. The predicted octanol–water partition coefficient (Wildman–Crippen LogP) is 6.35. The number of anilines is 1. The molecule has 2 aliphatic heterocycles. The topological polar surface area (TPSA) is 51.2 Å². The number of carbonyl (C=O) groups is 1. The Morgan fingerprint density at radius 1 is 0.973 bits per heavy atom. The van der Waals surface area contributed by atoms with E-state index in [9.17, 15) is 4.79 Å². The maximum atomic E-state index is 15.3. The van der Waals surface area contributed by atoms with E-state index in [1.165, 1.54) is 0 Å². The van der Waals surface area contributed by atoms with Gasteiger partial charge < -0.3 is 23.7 Å². The fraction of sp³-hybridized carbons (Fsp3) is 0.552. The number of piperidine rings is 1. The van der Waals surface area contributed by atoms with Gasteiger partial charge in [0.05, 0.1) is 24.5 Å². The Morgan fingerprint density at radius 3 is 2.30 bits per heavy atom. The SMILES string of the molecule is CC(C)(C)[Si](C)(C)OCc1cccc(N2CC(OC3CCN(C(=O)OCc4ccccc4)CC3)C2)c1F. The van der Waals surface area contributed by atoms with Crippen molar-refractivity contribution in [2.75, 3.05) is 31.1 Å². The van der Waals surface area contributed by atoms with Crippen LogP contribution in [0.2, 0.25) is 18.1 Å². The Kier molecular flexibility index (Phi) is 8.61. The first kappa shape index (κ1) is 27.6.